The zero-order valence-corrected chi connectivity index (χ0v) is 11.3. The van der Waals surface area contributed by atoms with E-state index in [9.17, 15) is 10.1 Å². The third-order valence-corrected chi connectivity index (χ3v) is 4.24. The predicted molar refractivity (Wildman–Crippen MR) is 71.4 cm³/mol. The third kappa shape index (κ3) is 1.88. The van der Waals surface area contributed by atoms with Gasteiger partial charge in [-0.3, -0.25) is 10.1 Å². The summed E-state index contributed by atoms with van der Waals surface area (Å²) in [5, 5.41) is 19.0. The van der Waals surface area contributed by atoms with Gasteiger partial charge in [0.2, 0.25) is 5.82 Å². The van der Waals surface area contributed by atoms with Crippen molar-refractivity contribution < 1.29 is 4.92 Å². The molecule has 2 fully saturated rings. The summed E-state index contributed by atoms with van der Waals surface area (Å²) in [6.07, 6.45) is 0. The van der Waals surface area contributed by atoms with Crippen LogP contribution in [0.3, 0.4) is 0 Å². The Balaban J connectivity index is 1.97. The second kappa shape index (κ2) is 4.48. The molecule has 0 saturated carbocycles. The molecule has 0 amide bonds. The van der Waals surface area contributed by atoms with Crippen molar-refractivity contribution in [3.05, 3.63) is 15.8 Å². The number of aryl methyl sites for hydroxylation is 2. The first kappa shape index (κ1) is 12.4. The van der Waals surface area contributed by atoms with E-state index < -0.39 is 0 Å². The van der Waals surface area contributed by atoms with Crippen LogP contribution in [0, 0.1) is 28.9 Å². The normalized spacial score (nSPS) is 25.9. The van der Waals surface area contributed by atoms with Gasteiger partial charge >= 0.3 is 5.69 Å². The SMILES string of the molecule is CCn1nc(C)c([N+](=O)[O-])c1N1C[C@H]2CNC[C@H]2C1. The molecule has 3 rings (SSSR count). The molecule has 2 aliphatic rings. The first-order valence-corrected chi connectivity index (χ1v) is 6.79. The van der Waals surface area contributed by atoms with Gasteiger partial charge in [-0.15, -0.1) is 0 Å². The van der Waals surface area contributed by atoms with E-state index in [4.69, 9.17) is 0 Å². The molecule has 2 saturated heterocycles. The molecular weight excluding hydrogens is 246 g/mol. The summed E-state index contributed by atoms with van der Waals surface area (Å²) in [6.45, 7) is 8.17. The molecule has 1 aromatic heterocycles. The number of nitro groups is 1. The molecule has 0 radical (unpaired) electrons. The Morgan fingerprint density at radius 1 is 1.42 bits per heavy atom. The topological polar surface area (TPSA) is 76.2 Å². The van der Waals surface area contributed by atoms with E-state index in [2.05, 4.69) is 15.3 Å². The molecule has 0 unspecified atom stereocenters. The molecular formula is C12H19N5O2. The van der Waals surface area contributed by atoms with E-state index in [1.165, 1.54) is 0 Å². The fraction of sp³-hybridized carbons (Fsp3) is 0.750. The van der Waals surface area contributed by atoms with Crippen LogP contribution in [0.25, 0.3) is 0 Å². The van der Waals surface area contributed by atoms with Gasteiger partial charge in [-0.05, 0) is 25.7 Å². The van der Waals surface area contributed by atoms with E-state index >= 15 is 0 Å². The Morgan fingerprint density at radius 3 is 2.58 bits per heavy atom. The maximum atomic E-state index is 11.3. The van der Waals surface area contributed by atoms with E-state index in [0.29, 0.717) is 29.9 Å². The van der Waals surface area contributed by atoms with Crippen LogP contribution in [0.1, 0.15) is 12.6 Å². The summed E-state index contributed by atoms with van der Waals surface area (Å²) in [5.74, 6) is 1.92. The highest BCUT2D eigenvalue weighted by Crippen LogP contribution is 2.37. The summed E-state index contributed by atoms with van der Waals surface area (Å²) in [6, 6.07) is 0. The van der Waals surface area contributed by atoms with Crippen LogP contribution in [0.5, 0.6) is 0 Å². The highest BCUT2D eigenvalue weighted by Gasteiger charge is 2.40. The molecule has 0 aromatic carbocycles. The minimum Gasteiger partial charge on any atom is -0.350 e. The Labute approximate surface area is 111 Å². The Kier molecular flexibility index (Phi) is 2.93. The standard InChI is InChI=1S/C12H19N5O2/c1-3-16-12(11(17(18)19)8(2)14-16)15-6-9-4-13-5-10(9)7-15/h9-10,13H,3-7H2,1-2H3/t9-,10+. The van der Waals surface area contributed by atoms with Gasteiger partial charge in [0, 0.05) is 32.7 Å². The molecule has 0 bridgehead atoms. The highest BCUT2D eigenvalue weighted by molar-refractivity contribution is 5.62. The monoisotopic (exact) mass is 265 g/mol. The van der Waals surface area contributed by atoms with Gasteiger partial charge in [0.15, 0.2) is 0 Å². The molecule has 0 spiro atoms. The lowest BCUT2D eigenvalue weighted by molar-refractivity contribution is -0.384. The lowest BCUT2D eigenvalue weighted by Gasteiger charge is -2.19. The second-order valence-electron chi connectivity index (χ2n) is 5.41. The number of aromatic nitrogens is 2. The maximum absolute atomic E-state index is 11.3. The van der Waals surface area contributed by atoms with Gasteiger partial charge in [0.05, 0.1) is 4.92 Å². The van der Waals surface area contributed by atoms with E-state index in [1.54, 1.807) is 11.6 Å². The van der Waals surface area contributed by atoms with Gasteiger partial charge in [0.1, 0.15) is 5.69 Å². The van der Waals surface area contributed by atoms with Gasteiger partial charge in [-0.25, -0.2) is 4.68 Å². The summed E-state index contributed by atoms with van der Waals surface area (Å²) in [7, 11) is 0. The molecule has 1 N–H and O–H groups in total. The summed E-state index contributed by atoms with van der Waals surface area (Å²) < 4.78 is 1.77. The summed E-state index contributed by atoms with van der Waals surface area (Å²) in [4.78, 5) is 13.1. The van der Waals surface area contributed by atoms with Crippen molar-refractivity contribution in [3.8, 4) is 0 Å². The van der Waals surface area contributed by atoms with Crippen LogP contribution in [0.2, 0.25) is 0 Å². The van der Waals surface area contributed by atoms with Crippen LogP contribution in [-0.2, 0) is 6.54 Å². The van der Waals surface area contributed by atoms with Crippen molar-refractivity contribution in [2.45, 2.75) is 20.4 Å². The van der Waals surface area contributed by atoms with Gasteiger partial charge in [-0.1, -0.05) is 0 Å². The fourth-order valence-electron chi connectivity index (χ4n) is 3.34. The minimum atomic E-state index is -0.295. The number of anilines is 1. The number of nitrogens with one attached hydrogen (secondary N) is 1. The zero-order chi connectivity index (χ0) is 13.6. The van der Waals surface area contributed by atoms with Crippen LogP contribution in [0.4, 0.5) is 11.5 Å². The number of nitrogens with zero attached hydrogens (tertiary/aromatic N) is 4. The van der Waals surface area contributed by atoms with Crippen molar-refractivity contribution in [1.29, 1.82) is 0 Å². The van der Waals surface area contributed by atoms with Crippen molar-refractivity contribution in [1.82, 2.24) is 15.1 Å². The number of hydrogen-bond acceptors (Lipinski definition) is 5. The lowest BCUT2D eigenvalue weighted by atomic mass is 10.0. The second-order valence-corrected chi connectivity index (χ2v) is 5.41. The average molecular weight is 265 g/mol. The average Bonchev–Trinajstić information content (AvgIpc) is 2.98. The Hall–Kier alpha value is -1.63. The Morgan fingerprint density at radius 2 is 2.05 bits per heavy atom. The van der Waals surface area contributed by atoms with Crippen molar-refractivity contribution in [2.75, 3.05) is 31.1 Å². The maximum Gasteiger partial charge on any atom is 0.333 e. The van der Waals surface area contributed by atoms with Crippen molar-refractivity contribution in [2.24, 2.45) is 11.8 Å². The molecule has 0 aliphatic carbocycles. The van der Waals surface area contributed by atoms with E-state index in [1.807, 2.05) is 6.92 Å². The molecule has 104 valence electrons. The largest absolute Gasteiger partial charge is 0.350 e. The molecule has 19 heavy (non-hydrogen) atoms. The summed E-state index contributed by atoms with van der Waals surface area (Å²) >= 11 is 0. The van der Waals surface area contributed by atoms with E-state index in [0.717, 1.165) is 26.2 Å². The number of hydrogen-bond donors (Lipinski definition) is 1. The first-order chi connectivity index (χ1) is 9.11. The van der Waals surface area contributed by atoms with Gasteiger partial charge in [0.25, 0.3) is 0 Å². The quantitative estimate of drug-likeness (QED) is 0.645. The minimum absolute atomic E-state index is 0.176. The molecule has 7 heteroatoms. The molecule has 1 aromatic rings. The highest BCUT2D eigenvalue weighted by atomic mass is 16.6. The van der Waals surface area contributed by atoms with E-state index in [-0.39, 0.29) is 10.6 Å². The molecule has 3 heterocycles. The molecule has 7 nitrogen and oxygen atoms in total. The number of rotatable bonds is 3. The van der Waals surface area contributed by atoms with Gasteiger partial charge in [-0.2, -0.15) is 5.10 Å². The van der Waals surface area contributed by atoms with Crippen molar-refractivity contribution in [3.63, 3.8) is 0 Å². The molecule has 2 aliphatic heterocycles. The van der Waals surface area contributed by atoms with Crippen LogP contribution in [0.15, 0.2) is 0 Å². The van der Waals surface area contributed by atoms with Crippen LogP contribution >= 0.6 is 0 Å². The summed E-state index contributed by atoms with van der Waals surface area (Å²) in [5.41, 5.74) is 0.687. The molecule has 2 atom stereocenters. The fourth-order valence-corrected chi connectivity index (χ4v) is 3.34. The van der Waals surface area contributed by atoms with Crippen molar-refractivity contribution >= 4 is 11.5 Å². The predicted octanol–water partition coefficient (Wildman–Crippen LogP) is 0.775. The zero-order valence-electron chi connectivity index (χ0n) is 11.3. The lowest BCUT2D eigenvalue weighted by Crippen LogP contribution is -2.28. The first-order valence-electron chi connectivity index (χ1n) is 6.79. The van der Waals surface area contributed by atoms with Crippen LogP contribution in [-0.4, -0.2) is 40.9 Å². The van der Waals surface area contributed by atoms with Gasteiger partial charge < -0.3 is 10.2 Å². The van der Waals surface area contributed by atoms with Crippen LogP contribution < -0.4 is 10.2 Å². The number of fused-ring (bicyclic) bond motifs is 1. The Bertz CT molecular complexity index is 500. The third-order valence-electron chi connectivity index (χ3n) is 4.24. The smallest absolute Gasteiger partial charge is 0.333 e.